The lowest BCUT2D eigenvalue weighted by Gasteiger charge is -2.15. The van der Waals surface area contributed by atoms with Gasteiger partial charge in [0.05, 0.1) is 0 Å². The molecule has 0 aliphatic rings. The molecule has 1 rings (SSSR count). The van der Waals surface area contributed by atoms with E-state index in [1.54, 1.807) is 0 Å². The van der Waals surface area contributed by atoms with E-state index >= 15 is 0 Å². The van der Waals surface area contributed by atoms with Crippen molar-refractivity contribution in [1.29, 1.82) is 0 Å². The fourth-order valence-corrected chi connectivity index (χ4v) is 3.30. The molecule has 0 aliphatic carbocycles. The van der Waals surface area contributed by atoms with Gasteiger partial charge in [-0.15, -0.1) is 0 Å². The second-order valence-electron chi connectivity index (χ2n) is 8.09. The first-order valence-electron chi connectivity index (χ1n) is 11.9. The largest absolute Gasteiger partial charge is 0.504 e. The predicted molar refractivity (Wildman–Crippen MR) is 132 cm³/mol. The third-order valence-electron chi connectivity index (χ3n) is 5.17. The van der Waals surface area contributed by atoms with Crippen LogP contribution in [-0.2, 0) is 16.0 Å². The minimum absolute atomic E-state index is 0.0358. The summed E-state index contributed by atoms with van der Waals surface area (Å²) in [7, 11) is 0. The van der Waals surface area contributed by atoms with Crippen LogP contribution in [0.25, 0.3) is 0 Å². The Morgan fingerprint density at radius 2 is 1.52 bits per heavy atom. The molecule has 0 heterocycles. The molecule has 182 valence electrons. The average Bonchev–Trinajstić information content (AvgIpc) is 2.78. The van der Waals surface area contributed by atoms with E-state index in [0.29, 0.717) is 12.0 Å². The summed E-state index contributed by atoms with van der Waals surface area (Å²) in [5.74, 6) is -2.00. The van der Waals surface area contributed by atoms with Crippen molar-refractivity contribution in [3.05, 3.63) is 60.2 Å². The van der Waals surface area contributed by atoms with Crippen LogP contribution in [-0.4, -0.2) is 33.2 Å². The van der Waals surface area contributed by atoms with Gasteiger partial charge < -0.3 is 20.6 Å². The SMILES string of the molecule is CC/C=C\C/C=C\C/C=C\CCCCCCCC(=O)N[C@@H](Cc1ccc(O)c(O)c1)C(=O)O. The second kappa shape index (κ2) is 17.5. The molecular formula is C27H39NO5. The zero-order valence-electron chi connectivity index (χ0n) is 19.7. The molecule has 1 aromatic carbocycles. The minimum Gasteiger partial charge on any atom is -0.504 e. The van der Waals surface area contributed by atoms with E-state index in [-0.39, 0.29) is 23.8 Å². The lowest BCUT2D eigenvalue weighted by molar-refractivity contribution is -0.141. The number of nitrogens with one attached hydrogen (secondary N) is 1. The van der Waals surface area contributed by atoms with Gasteiger partial charge in [0.2, 0.25) is 5.91 Å². The first kappa shape index (κ1) is 28.0. The molecule has 1 atom stereocenters. The van der Waals surface area contributed by atoms with Crippen LogP contribution in [0.15, 0.2) is 54.7 Å². The van der Waals surface area contributed by atoms with E-state index in [1.807, 2.05) is 0 Å². The lowest BCUT2D eigenvalue weighted by atomic mass is 10.0. The van der Waals surface area contributed by atoms with E-state index in [4.69, 9.17) is 0 Å². The number of carbonyl (C=O) groups is 2. The molecule has 0 saturated carbocycles. The summed E-state index contributed by atoms with van der Waals surface area (Å²) in [6.45, 7) is 2.13. The predicted octanol–water partition coefficient (Wildman–Crippen LogP) is 5.80. The maximum atomic E-state index is 12.1. The highest BCUT2D eigenvalue weighted by Crippen LogP contribution is 2.25. The van der Waals surface area contributed by atoms with E-state index in [0.717, 1.165) is 57.8 Å². The summed E-state index contributed by atoms with van der Waals surface area (Å²) >= 11 is 0. The van der Waals surface area contributed by atoms with Gasteiger partial charge in [-0.05, 0) is 56.2 Å². The molecule has 1 aromatic rings. The monoisotopic (exact) mass is 457 g/mol. The normalized spacial score (nSPS) is 12.6. The Morgan fingerprint density at radius 3 is 2.18 bits per heavy atom. The summed E-state index contributed by atoms with van der Waals surface area (Å²) in [5, 5.41) is 30.8. The average molecular weight is 458 g/mol. The molecule has 0 spiro atoms. The number of benzene rings is 1. The third-order valence-corrected chi connectivity index (χ3v) is 5.17. The minimum atomic E-state index is -1.13. The van der Waals surface area contributed by atoms with Crippen molar-refractivity contribution in [3.63, 3.8) is 0 Å². The number of hydrogen-bond acceptors (Lipinski definition) is 4. The fraction of sp³-hybridized carbons (Fsp3) is 0.481. The fourth-order valence-electron chi connectivity index (χ4n) is 3.30. The van der Waals surface area contributed by atoms with Gasteiger partial charge in [-0.25, -0.2) is 4.79 Å². The van der Waals surface area contributed by atoms with Gasteiger partial charge >= 0.3 is 5.97 Å². The molecule has 0 fully saturated rings. The maximum Gasteiger partial charge on any atom is 0.326 e. The number of rotatable bonds is 17. The molecule has 33 heavy (non-hydrogen) atoms. The number of aromatic hydroxyl groups is 2. The number of aliphatic carboxylic acids is 1. The van der Waals surface area contributed by atoms with Crippen molar-refractivity contribution >= 4 is 11.9 Å². The van der Waals surface area contributed by atoms with Gasteiger partial charge in [-0.1, -0.05) is 68.7 Å². The number of phenols is 2. The molecule has 1 amide bonds. The van der Waals surface area contributed by atoms with Gasteiger partial charge in [0.25, 0.3) is 0 Å². The van der Waals surface area contributed by atoms with Crippen LogP contribution >= 0.6 is 0 Å². The van der Waals surface area contributed by atoms with Gasteiger partial charge in [0.1, 0.15) is 6.04 Å². The number of phenolic OH excluding ortho intramolecular Hbond substituents is 2. The highest BCUT2D eigenvalue weighted by Gasteiger charge is 2.20. The van der Waals surface area contributed by atoms with Crippen LogP contribution in [0, 0.1) is 0 Å². The molecular weight excluding hydrogens is 418 g/mol. The summed E-state index contributed by atoms with van der Waals surface area (Å²) in [6.07, 6.45) is 22.6. The Balaban J connectivity index is 2.13. The van der Waals surface area contributed by atoms with E-state index < -0.39 is 12.0 Å². The van der Waals surface area contributed by atoms with Gasteiger partial charge in [0.15, 0.2) is 11.5 Å². The number of carboxylic acid groups (broad SMARTS) is 1. The standard InChI is InChI=1S/C27H39NO5/c1-2-3-4-5-6-7-8-9-10-11-12-13-14-15-16-17-26(31)28-23(27(32)33)20-22-18-19-24(29)25(30)21-22/h3-4,6-7,9-10,18-19,21,23,29-30H,2,5,8,11-17,20H2,1H3,(H,28,31)(H,32,33)/b4-3-,7-6-,10-9-/t23-/m0/s1. The summed E-state index contributed by atoms with van der Waals surface area (Å²) < 4.78 is 0. The number of carbonyl (C=O) groups excluding carboxylic acids is 1. The summed E-state index contributed by atoms with van der Waals surface area (Å²) in [5.41, 5.74) is 0.521. The maximum absolute atomic E-state index is 12.1. The quantitative estimate of drug-likeness (QED) is 0.134. The number of allylic oxidation sites excluding steroid dienone is 6. The summed E-state index contributed by atoms with van der Waals surface area (Å²) in [4.78, 5) is 23.6. The van der Waals surface area contributed by atoms with Crippen LogP contribution in [0.3, 0.4) is 0 Å². The Hall–Kier alpha value is -3.02. The Labute approximate surface area is 197 Å². The molecule has 0 aromatic heterocycles. The molecule has 4 N–H and O–H groups in total. The molecule has 0 bridgehead atoms. The Bertz CT molecular complexity index is 798. The number of carboxylic acids is 1. The van der Waals surface area contributed by atoms with E-state index in [1.165, 1.54) is 18.2 Å². The van der Waals surface area contributed by atoms with Crippen molar-refractivity contribution in [2.24, 2.45) is 0 Å². The zero-order chi connectivity index (χ0) is 24.3. The third kappa shape index (κ3) is 13.9. The van der Waals surface area contributed by atoms with Crippen LogP contribution in [0.5, 0.6) is 11.5 Å². The molecule has 6 heteroatoms. The molecule has 0 unspecified atom stereocenters. The van der Waals surface area contributed by atoms with Crippen molar-refractivity contribution in [2.45, 2.75) is 83.6 Å². The highest BCUT2D eigenvalue weighted by molar-refractivity contribution is 5.83. The van der Waals surface area contributed by atoms with Gasteiger partial charge in [0, 0.05) is 12.8 Å². The highest BCUT2D eigenvalue weighted by atomic mass is 16.4. The first-order valence-corrected chi connectivity index (χ1v) is 11.9. The number of unbranched alkanes of at least 4 members (excludes halogenated alkanes) is 5. The first-order chi connectivity index (χ1) is 15.9. The van der Waals surface area contributed by atoms with E-state index in [9.17, 15) is 24.9 Å². The van der Waals surface area contributed by atoms with Crippen LogP contribution in [0.4, 0.5) is 0 Å². The van der Waals surface area contributed by atoms with E-state index in [2.05, 4.69) is 48.7 Å². The second-order valence-corrected chi connectivity index (χ2v) is 8.09. The molecule has 0 radical (unpaired) electrons. The van der Waals surface area contributed by atoms with Gasteiger partial charge in [-0.2, -0.15) is 0 Å². The Kier molecular flexibility index (Phi) is 14.9. The van der Waals surface area contributed by atoms with Crippen molar-refractivity contribution in [1.82, 2.24) is 5.32 Å². The molecule has 0 saturated heterocycles. The van der Waals surface area contributed by atoms with Crippen LogP contribution in [0.1, 0.15) is 76.7 Å². The topological polar surface area (TPSA) is 107 Å². The summed E-state index contributed by atoms with van der Waals surface area (Å²) in [6, 6.07) is 3.05. The van der Waals surface area contributed by atoms with Crippen molar-refractivity contribution in [2.75, 3.05) is 0 Å². The molecule has 6 nitrogen and oxygen atoms in total. The van der Waals surface area contributed by atoms with Gasteiger partial charge in [-0.3, -0.25) is 4.79 Å². The Morgan fingerprint density at radius 1 is 0.879 bits per heavy atom. The molecule has 0 aliphatic heterocycles. The lowest BCUT2D eigenvalue weighted by Crippen LogP contribution is -2.42. The van der Waals surface area contributed by atoms with Crippen molar-refractivity contribution in [3.8, 4) is 11.5 Å². The smallest absolute Gasteiger partial charge is 0.326 e. The number of amides is 1. The zero-order valence-corrected chi connectivity index (χ0v) is 19.7. The van der Waals surface area contributed by atoms with Crippen molar-refractivity contribution < 1.29 is 24.9 Å². The van der Waals surface area contributed by atoms with Crippen LogP contribution < -0.4 is 5.32 Å². The van der Waals surface area contributed by atoms with Crippen LogP contribution in [0.2, 0.25) is 0 Å². The number of hydrogen-bond donors (Lipinski definition) is 4.